The molecule has 1 aliphatic rings. The molecule has 0 spiro atoms. The van der Waals surface area contributed by atoms with Crippen LogP contribution in [0, 0.1) is 0 Å². The summed E-state index contributed by atoms with van der Waals surface area (Å²) in [7, 11) is 0. The molecule has 0 bridgehead atoms. The van der Waals surface area contributed by atoms with Crippen molar-refractivity contribution >= 4 is 68.9 Å². The fraction of sp³-hybridized carbons (Fsp3) is 0.595. The number of nitrogen functional groups attached to an aromatic ring is 1. The van der Waals surface area contributed by atoms with Crippen LogP contribution in [0.3, 0.4) is 0 Å². The van der Waals surface area contributed by atoms with Crippen LogP contribution in [0.25, 0.3) is 21.9 Å². The number of unbranched alkanes of at least 4 members (excludes halogenated alkanes) is 2. The molecule has 0 aliphatic carbocycles. The number of aromatic nitrogens is 3. The lowest BCUT2D eigenvalue weighted by Crippen LogP contribution is -2.43. The van der Waals surface area contributed by atoms with Gasteiger partial charge < -0.3 is 36.1 Å². The Morgan fingerprint density at radius 1 is 0.943 bits per heavy atom. The van der Waals surface area contributed by atoms with Crippen molar-refractivity contribution in [2.45, 2.75) is 89.5 Å². The Labute approximate surface area is 314 Å². The van der Waals surface area contributed by atoms with Crippen LogP contribution in [0.15, 0.2) is 24.3 Å². The number of likely N-dealkylation sites (tertiary alicyclic amines) is 1. The highest BCUT2D eigenvalue weighted by atomic mass is 32.2. The van der Waals surface area contributed by atoms with E-state index in [0.717, 1.165) is 83.1 Å². The largest absolute Gasteiger partial charge is 0.382 e. The number of Topliss-reactive ketones (excluding diaryl/α,β-unsaturated/α-hetero) is 1. The molecule has 53 heavy (non-hydrogen) atoms. The third-order valence-corrected chi connectivity index (χ3v) is 10.1. The number of hydrogen-bond donors (Lipinski definition) is 4. The average molecular weight is 755 g/mol. The molecular formula is C37H54N8O7S. The number of nitrogens with two attached hydrogens (primary N) is 2. The zero-order valence-corrected chi connectivity index (χ0v) is 31.9. The number of carbonyl (C=O) groups is 5. The molecule has 0 radical (unpaired) electrons. The van der Waals surface area contributed by atoms with Gasteiger partial charge in [-0.05, 0) is 39.2 Å². The summed E-state index contributed by atoms with van der Waals surface area (Å²) in [5.74, 6) is 0.173. The number of rotatable bonds is 24. The van der Waals surface area contributed by atoms with E-state index in [4.69, 9.17) is 25.9 Å². The van der Waals surface area contributed by atoms with E-state index in [2.05, 4.69) is 33.2 Å². The number of imide groups is 1. The lowest BCUT2D eigenvalue weighted by atomic mass is 10.0. The Bertz CT molecular complexity index is 1740. The lowest BCUT2D eigenvalue weighted by molar-refractivity contribution is -0.138. The van der Waals surface area contributed by atoms with E-state index in [-0.39, 0.29) is 80.7 Å². The van der Waals surface area contributed by atoms with Crippen LogP contribution in [-0.2, 0) is 46.4 Å². The zero-order chi connectivity index (χ0) is 38.4. The highest BCUT2D eigenvalue weighted by Gasteiger charge is 2.39. The van der Waals surface area contributed by atoms with Crippen molar-refractivity contribution < 1.29 is 33.4 Å². The molecule has 1 fully saturated rings. The molecule has 3 heterocycles. The molecule has 4 rings (SSSR count). The Balaban J connectivity index is 1.02. The number of nitrogens with one attached hydrogen (secondary N) is 2. The number of para-hydroxylation sites is 1. The summed E-state index contributed by atoms with van der Waals surface area (Å²) < 4.78 is 13.3. The van der Waals surface area contributed by atoms with Gasteiger partial charge in [0, 0.05) is 57.2 Å². The first-order chi connectivity index (χ1) is 25.4. The number of nitrogens with zero attached hydrogens (tertiary/aromatic N) is 4. The van der Waals surface area contributed by atoms with E-state index in [1.54, 1.807) is 13.8 Å². The molecule has 1 aliphatic heterocycles. The molecule has 16 heteroatoms. The number of ketones is 1. The summed E-state index contributed by atoms with van der Waals surface area (Å²) >= 11 is 1.11. The van der Waals surface area contributed by atoms with Gasteiger partial charge in [0.25, 0.3) is 0 Å². The minimum Gasteiger partial charge on any atom is -0.382 e. The van der Waals surface area contributed by atoms with Gasteiger partial charge in [-0.15, -0.1) is 11.8 Å². The first-order valence-electron chi connectivity index (χ1n) is 18.4. The minimum absolute atomic E-state index is 0.00289. The van der Waals surface area contributed by atoms with Crippen LogP contribution in [0.1, 0.15) is 71.5 Å². The van der Waals surface area contributed by atoms with Gasteiger partial charge in [-0.2, -0.15) is 0 Å². The molecule has 1 aromatic carbocycles. The van der Waals surface area contributed by atoms with Crippen molar-refractivity contribution in [3.63, 3.8) is 0 Å². The van der Waals surface area contributed by atoms with Crippen molar-refractivity contribution in [2.24, 2.45) is 5.73 Å². The van der Waals surface area contributed by atoms with Gasteiger partial charge in [0.2, 0.25) is 23.6 Å². The number of imidazole rings is 1. The van der Waals surface area contributed by atoms with Gasteiger partial charge in [-0.25, -0.2) is 9.97 Å². The standard InChI is InChI=1S/C37H54N8O7S/c1-4-5-12-29-43-33-34(25-10-6-7-11-26(25)42-35(33)38)44(29)17-9-8-15-40-31(48)14-19-51-21-22-52-20-16-41-30(47)13-18-45-32(49)23-27(36(45)50)53-24-28(46)37(2,3)39/h6-7,10-11,27H,4-5,8-9,12-24,39H2,1-3H3,(H2,38,42)(H,40,48)(H,41,47)/t27-/m1/s1. The normalized spacial score (nSPS) is 14.8. The smallest absolute Gasteiger partial charge is 0.242 e. The van der Waals surface area contributed by atoms with Gasteiger partial charge in [0.1, 0.15) is 11.3 Å². The molecule has 4 amide bonds. The van der Waals surface area contributed by atoms with E-state index >= 15 is 0 Å². The second-order valence-corrected chi connectivity index (χ2v) is 14.8. The van der Waals surface area contributed by atoms with Gasteiger partial charge in [0.05, 0.1) is 54.0 Å². The van der Waals surface area contributed by atoms with E-state index in [9.17, 15) is 24.0 Å². The van der Waals surface area contributed by atoms with E-state index in [1.165, 1.54) is 0 Å². The Hall–Kier alpha value is -4.12. The van der Waals surface area contributed by atoms with Crippen LogP contribution in [0.2, 0.25) is 0 Å². The molecular weight excluding hydrogens is 701 g/mol. The van der Waals surface area contributed by atoms with E-state index in [0.29, 0.717) is 25.6 Å². The number of amides is 4. The van der Waals surface area contributed by atoms with Crippen LogP contribution in [0.5, 0.6) is 0 Å². The molecule has 290 valence electrons. The molecule has 15 nitrogen and oxygen atoms in total. The van der Waals surface area contributed by atoms with Gasteiger partial charge in [-0.1, -0.05) is 31.5 Å². The minimum atomic E-state index is -1.00. The second-order valence-electron chi connectivity index (χ2n) is 13.7. The number of pyridine rings is 1. The zero-order valence-electron chi connectivity index (χ0n) is 31.1. The predicted octanol–water partition coefficient (Wildman–Crippen LogP) is 2.50. The third-order valence-electron chi connectivity index (χ3n) is 8.89. The van der Waals surface area contributed by atoms with Crippen molar-refractivity contribution in [3.8, 4) is 0 Å². The van der Waals surface area contributed by atoms with Crippen LogP contribution in [-0.4, -0.2) is 111 Å². The monoisotopic (exact) mass is 754 g/mol. The summed E-state index contributed by atoms with van der Waals surface area (Å²) in [5.41, 5.74) is 13.7. The first kappa shape index (κ1) is 41.6. The van der Waals surface area contributed by atoms with E-state index in [1.807, 2.05) is 18.2 Å². The van der Waals surface area contributed by atoms with Crippen molar-refractivity contribution in [1.82, 2.24) is 30.1 Å². The quantitative estimate of drug-likeness (QED) is 0.0767. The summed E-state index contributed by atoms with van der Waals surface area (Å²) in [5, 5.41) is 6.06. The summed E-state index contributed by atoms with van der Waals surface area (Å²) in [4.78, 5) is 72.0. The second kappa shape index (κ2) is 20.4. The molecule has 0 unspecified atom stereocenters. The number of fused-ring (bicyclic) bond motifs is 3. The first-order valence-corrected chi connectivity index (χ1v) is 19.5. The number of carbonyl (C=O) groups excluding carboxylic acids is 5. The highest BCUT2D eigenvalue weighted by Crippen LogP contribution is 2.30. The number of thioether (sulfide) groups is 1. The number of benzene rings is 1. The van der Waals surface area contributed by atoms with E-state index < -0.39 is 10.8 Å². The van der Waals surface area contributed by atoms with Crippen molar-refractivity contribution in [2.75, 3.05) is 57.5 Å². The number of ether oxygens (including phenoxy) is 2. The molecule has 1 atom stereocenters. The summed E-state index contributed by atoms with van der Waals surface area (Å²) in [6, 6.07) is 7.98. The summed E-state index contributed by atoms with van der Waals surface area (Å²) in [6.07, 6.45) is 4.87. The lowest BCUT2D eigenvalue weighted by Gasteiger charge is -2.18. The van der Waals surface area contributed by atoms with Crippen LogP contribution >= 0.6 is 11.8 Å². The molecule has 6 N–H and O–H groups in total. The highest BCUT2D eigenvalue weighted by molar-refractivity contribution is 8.01. The van der Waals surface area contributed by atoms with Gasteiger partial charge in [-0.3, -0.25) is 28.9 Å². The van der Waals surface area contributed by atoms with Crippen LogP contribution < -0.4 is 22.1 Å². The van der Waals surface area contributed by atoms with Crippen molar-refractivity contribution in [3.05, 3.63) is 30.1 Å². The maximum atomic E-state index is 12.6. The summed E-state index contributed by atoms with van der Waals surface area (Å²) in [6.45, 7) is 8.07. The molecule has 3 aromatic rings. The maximum Gasteiger partial charge on any atom is 0.242 e. The predicted molar refractivity (Wildman–Crippen MR) is 205 cm³/mol. The fourth-order valence-corrected chi connectivity index (χ4v) is 7.07. The molecule has 0 saturated carbocycles. The molecule has 1 saturated heterocycles. The maximum absolute atomic E-state index is 12.6. The Kier molecular flexibility index (Phi) is 16.0. The fourth-order valence-electron chi connectivity index (χ4n) is 5.81. The third kappa shape index (κ3) is 12.2. The number of aryl methyl sites for hydroxylation is 2. The average Bonchev–Trinajstić information content (AvgIpc) is 3.62. The number of hydrogen-bond acceptors (Lipinski definition) is 12. The van der Waals surface area contributed by atoms with Gasteiger partial charge in [0.15, 0.2) is 11.6 Å². The molecule has 2 aromatic heterocycles. The Morgan fingerprint density at radius 3 is 2.42 bits per heavy atom. The van der Waals surface area contributed by atoms with Gasteiger partial charge >= 0.3 is 0 Å². The number of anilines is 1. The topological polar surface area (TPSA) is 214 Å². The SMILES string of the molecule is CCCCc1nc2c(N)nc3ccccc3c2n1CCCCNC(=O)CCOCCOCCNC(=O)CCN1C(=O)C[C@@H](SCC(=O)C(C)(C)N)C1=O. The van der Waals surface area contributed by atoms with Crippen molar-refractivity contribution in [1.29, 1.82) is 0 Å². The van der Waals surface area contributed by atoms with Crippen LogP contribution in [0.4, 0.5) is 5.82 Å². The Morgan fingerprint density at radius 2 is 1.66 bits per heavy atom.